The molecule has 0 saturated heterocycles. The molecule has 0 fully saturated rings. The highest BCUT2D eigenvalue weighted by Gasteiger charge is 2.21. The number of furan rings is 1. The van der Waals surface area contributed by atoms with E-state index in [0.717, 1.165) is 67.2 Å². The van der Waals surface area contributed by atoms with Crippen molar-refractivity contribution in [1.82, 2.24) is 0 Å². The Hall–Kier alpha value is -8.72. The van der Waals surface area contributed by atoms with Gasteiger partial charge in [-0.3, -0.25) is 0 Å². The molecule has 0 aliphatic carbocycles. The Labute approximate surface area is 384 Å². The molecule has 66 heavy (non-hydrogen) atoms. The van der Waals surface area contributed by atoms with E-state index in [1.807, 2.05) is 6.07 Å². The molecule has 11 aromatic carbocycles. The number of fused-ring (bicyclic) bond motifs is 4. The van der Waals surface area contributed by atoms with Crippen molar-refractivity contribution in [3.05, 3.63) is 261 Å². The van der Waals surface area contributed by atoms with Crippen LogP contribution in [-0.4, -0.2) is 0 Å². The summed E-state index contributed by atoms with van der Waals surface area (Å²) in [5.74, 6) is 0.877. The normalized spacial score (nSPS) is 11.3. The first-order chi connectivity index (χ1) is 32.7. The van der Waals surface area contributed by atoms with Gasteiger partial charge in [-0.15, -0.1) is 0 Å². The van der Waals surface area contributed by atoms with Crippen LogP contribution in [0.15, 0.2) is 265 Å². The van der Waals surface area contributed by atoms with Gasteiger partial charge in [-0.05, 0) is 109 Å². The second kappa shape index (κ2) is 16.8. The Morgan fingerprint density at radius 2 is 0.742 bits per heavy atom. The lowest BCUT2D eigenvalue weighted by Crippen LogP contribution is -2.10. The summed E-state index contributed by atoms with van der Waals surface area (Å²) in [7, 11) is 0. The van der Waals surface area contributed by atoms with Crippen molar-refractivity contribution in [3.63, 3.8) is 0 Å². The van der Waals surface area contributed by atoms with E-state index in [1.54, 1.807) is 0 Å². The quantitative estimate of drug-likeness (QED) is 0.135. The van der Waals surface area contributed by atoms with Crippen molar-refractivity contribution in [3.8, 4) is 67.0 Å². The second-order valence-electron chi connectivity index (χ2n) is 16.8. The maximum Gasteiger partial charge on any atom is 0.143 e. The molecule has 0 atom stereocenters. The fourth-order valence-corrected chi connectivity index (χ4v) is 9.78. The first kappa shape index (κ1) is 38.9. The van der Waals surface area contributed by atoms with Gasteiger partial charge in [0, 0.05) is 33.3 Å². The third kappa shape index (κ3) is 7.02. The molecular weight excluding hydrogens is 799 g/mol. The molecule has 0 N–H and O–H groups in total. The third-order valence-electron chi connectivity index (χ3n) is 12.9. The summed E-state index contributed by atoms with van der Waals surface area (Å²) in [6.45, 7) is 0. The summed E-state index contributed by atoms with van der Waals surface area (Å²) in [4.78, 5) is 2.41. The van der Waals surface area contributed by atoms with Crippen molar-refractivity contribution < 1.29 is 4.42 Å². The van der Waals surface area contributed by atoms with Crippen LogP contribution in [-0.2, 0) is 0 Å². The lowest BCUT2D eigenvalue weighted by atomic mass is 9.89. The molecule has 0 bridgehead atoms. The summed E-state index contributed by atoms with van der Waals surface area (Å²) in [5, 5.41) is 5.98. The van der Waals surface area contributed by atoms with Crippen molar-refractivity contribution in [2.45, 2.75) is 0 Å². The minimum Gasteiger partial charge on any atom is -0.455 e. The molecule has 2 heteroatoms. The summed E-state index contributed by atoms with van der Waals surface area (Å²) in [6.07, 6.45) is 0. The zero-order valence-corrected chi connectivity index (χ0v) is 36.2. The number of hydrogen-bond donors (Lipinski definition) is 0. The molecular formula is C64H43NO. The molecule has 0 amide bonds. The van der Waals surface area contributed by atoms with Crippen LogP contribution in [0.3, 0.4) is 0 Å². The minimum absolute atomic E-state index is 0.877. The van der Waals surface area contributed by atoms with Gasteiger partial charge in [0.2, 0.25) is 0 Å². The predicted molar refractivity (Wildman–Crippen MR) is 279 cm³/mol. The Morgan fingerprint density at radius 3 is 1.41 bits per heavy atom. The molecule has 0 unspecified atom stereocenters. The first-order valence-corrected chi connectivity index (χ1v) is 22.6. The molecule has 12 rings (SSSR count). The summed E-state index contributed by atoms with van der Waals surface area (Å²) in [6, 6.07) is 93.7. The average molecular weight is 842 g/mol. The molecule has 0 saturated carbocycles. The van der Waals surface area contributed by atoms with Crippen LogP contribution < -0.4 is 4.90 Å². The Morgan fingerprint density at radius 1 is 0.273 bits per heavy atom. The highest BCUT2D eigenvalue weighted by Crippen LogP contribution is 2.45. The van der Waals surface area contributed by atoms with Crippen LogP contribution in [0.25, 0.3) is 99.5 Å². The van der Waals surface area contributed by atoms with Crippen LogP contribution in [0.2, 0.25) is 0 Å². The fraction of sp³-hybridized carbons (Fsp3) is 0. The summed E-state index contributed by atoms with van der Waals surface area (Å²) < 4.78 is 6.63. The van der Waals surface area contributed by atoms with Gasteiger partial charge in [0.15, 0.2) is 0 Å². The summed E-state index contributed by atoms with van der Waals surface area (Å²) in [5.41, 5.74) is 16.9. The number of anilines is 3. The largest absolute Gasteiger partial charge is 0.455 e. The topological polar surface area (TPSA) is 16.4 Å². The lowest BCUT2D eigenvalue weighted by Gasteiger charge is -2.28. The van der Waals surface area contributed by atoms with Crippen LogP contribution in [0.5, 0.6) is 0 Å². The number of hydrogen-bond acceptors (Lipinski definition) is 2. The minimum atomic E-state index is 0.877. The van der Waals surface area contributed by atoms with Gasteiger partial charge < -0.3 is 9.32 Å². The van der Waals surface area contributed by atoms with Crippen molar-refractivity contribution >= 4 is 49.6 Å². The van der Waals surface area contributed by atoms with E-state index in [-0.39, 0.29) is 0 Å². The third-order valence-corrected chi connectivity index (χ3v) is 12.9. The standard InChI is InChI=1S/C64H43NO/c1-3-18-45(19-4-1)53-25-9-11-28-56(53)57-29-12-10-26-54(57)46-36-40-52(41-37-46)65(61-43-49-22-7-8-27-55(49)58-30-13-14-31-59(58)61)51-38-34-44(35-39-51)48-23-17-24-50(42-48)64-63(47-20-5-2-6-21-47)60-32-15-16-33-62(60)66-64/h1-43H. The van der Waals surface area contributed by atoms with Gasteiger partial charge >= 0.3 is 0 Å². The van der Waals surface area contributed by atoms with E-state index >= 15 is 0 Å². The van der Waals surface area contributed by atoms with E-state index < -0.39 is 0 Å². The van der Waals surface area contributed by atoms with Crippen LogP contribution in [0, 0.1) is 0 Å². The first-order valence-electron chi connectivity index (χ1n) is 22.6. The maximum atomic E-state index is 6.63. The zero-order chi connectivity index (χ0) is 43.8. The summed E-state index contributed by atoms with van der Waals surface area (Å²) >= 11 is 0. The molecule has 310 valence electrons. The molecule has 1 aromatic heterocycles. The van der Waals surface area contributed by atoms with Gasteiger partial charge in [0.1, 0.15) is 11.3 Å². The van der Waals surface area contributed by atoms with E-state index in [2.05, 4.69) is 260 Å². The van der Waals surface area contributed by atoms with E-state index in [1.165, 1.54) is 49.4 Å². The SMILES string of the molecule is c1ccc(-c2ccccc2-c2ccccc2-c2ccc(N(c3ccc(-c4cccc(-c5oc6ccccc6c5-c5ccccc5)c4)cc3)c3cc4ccccc4c4ccccc34)cc2)cc1. The molecule has 0 radical (unpaired) electrons. The van der Waals surface area contributed by atoms with Crippen molar-refractivity contribution in [2.75, 3.05) is 4.90 Å². The van der Waals surface area contributed by atoms with Crippen molar-refractivity contribution in [1.29, 1.82) is 0 Å². The van der Waals surface area contributed by atoms with Gasteiger partial charge in [-0.1, -0.05) is 218 Å². The monoisotopic (exact) mass is 841 g/mol. The Balaban J connectivity index is 0.959. The van der Waals surface area contributed by atoms with E-state index in [0.29, 0.717) is 0 Å². The van der Waals surface area contributed by atoms with Gasteiger partial charge in [0.05, 0.1) is 5.69 Å². The fourth-order valence-electron chi connectivity index (χ4n) is 9.78. The average Bonchev–Trinajstić information content (AvgIpc) is 3.80. The predicted octanol–water partition coefficient (Wildman–Crippen LogP) is 18.2. The van der Waals surface area contributed by atoms with Crippen LogP contribution >= 0.6 is 0 Å². The van der Waals surface area contributed by atoms with E-state index in [4.69, 9.17) is 4.42 Å². The maximum absolute atomic E-state index is 6.63. The molecule has 0 aliphatic heterocycles. The molecule has 2 nitrogen and oxygen atoms in total. The van der Waals surface area contributed by atoms with E-state index in [9.17, 15) is 0 Å². The zero-order valence-electron chi connectivity index (χ0n) is 36.2. The van der Waals surface area contributed by atoms with Gasteiger partial charge in [-0.25, -0.2) is 0 Å². The number of benzene rings is 11. The Bertz CT molecular complexity index is 3680. The van der Waals surface area contributed by atoms with Crippen molar-refractivity contribution in [2.24, 2.45) is 0 Å². The van der Waals surface area contributed by atoms with Crippen LogP contribution in [0.4, 0.5) is 17.1 Å². The highest BCUT2D eigenvalue weighted by atomic mass is 16.3. The molecule has 12 aromatic rings. The highest BCUT2D eigenvalue weighted by molar-refractivity contribution is 6.14. The van der Waals surface area contributed by atoms with Gasteiger partial charge in [0.25, 0.3) is 0 Å². The molecule has 1 heterocycles. The number of nitrogens with zero attached hydrogens (tertiary/aromatic N) is 1. The smallest absolute Gasteiger partial charge is 0.143 e. The Kier molecular flexibility index (Phi) is 9.89. The number of para-hydroxylation sites is 1. The second-order valence-corrected chi connectivity index (χ2v) is 16.8. The number of rotatable bonds is 9. The van der Waals surface area contributed by atoms with Gasteiger partial charge in [-0.2, -0.15) is 0 Å². The molecule has 0 spiro atoms. The lowest BCUT2D eigenvalue weighted by molar-refractivity contribution is 0.632. The van der Waals surface area contributed by atoms with Crippen LogP contribution in [0.1, 0.15) is 0 Å². The molecule has 0 aliphatic rings.